The number of aliphatic hydroxyl groups is 1. The first-order chi connectivity index (χ1) is 13.5. The van der Waals surface area contributed by atoms with Crippen LogP contribution in [0, 0.1) is 11.6 Å². The van der Waals surface area contributed by atoms with Gasteiger partial charge in [-0.2, -0.15) is 5.10 Å². The first-order valence-electron chi connectivity index (χ1n) is 9.17. The van der Waals surface area contributed by atoms with Crippen molar-refractivity contribution in [2.45, 2.75) is 32.9 Å². The van der Waals surface area contributed by atoms with Crippen LogP contribution in [0.4, 0.5) is 26.1 Å². The predicted octanol–water partition coefficient (Wildman–Crippen LogP) is 4.17. The molecule has 6 nitrogen and oxygen atoms in total. The van der Waals surface area contributed by atoms with Crippen molar-refractivity contribution in [3.8, 4) is 11.3 Å². The number of rotatable bonds is 8. The number of hydrogen-bond acceptors (Lipinski definition) is 5. The van der Waals surface area contributed by atoms with Crippen molar-refractivity contribution >= 4 is 17.3 Å². The Hall–Kier alpha value is -3.00. The highest BCUT2D eigenvalue weighted by atomic mass is 19.1. The van der Waals surface area contributed by atoms with Gasteiger partial charge in [-0.15, -0.1) is 0 Å². The average Bonchev–Trinajstić information content (AvgIpc) is 3.03. The molecule has 0 spiro atoms. The van der Waals surface area contributed by atoms with Gasteiger partial charge < -0.3 is 15.7 Å². The molecule has 0 bridgehead atoms. The Bertz CT molecular complexity index is 924. The summed E-state index contributed by atoms with van der Waals surface area (Å²) in [4.78, 5) is 4.27. The maximum absolute atomic E-state index is 13.5. The molecule has 1 unspecified atom stereocenters. The van der Waals surface area contributed by atoms with Crippen molar-refractivity contribution in [3.05, 3.63) is 54.2 Å². The van der Waals surface area contributed by atoms with Gasteiger partial charge in [-0.05, 0) is 37.6 Å². The number of aliphatic hydroxyl groups excluding tert-OH is 1. The molecule has 0 fully saturated rings. The second-order valence-corrected chi connectivity index (χ2v) is 6.40. The summed E-state index contributed by atoms with van der Waals surface area (Å²) in [5.74, 6) is -0.198. The molecule has 0 saturated heterocycles. The number of aromatic nitrogens is 3. The Morgan fingerprint density at radius 2 is 1.82 bits per heavy atom. The van der Waals surface area contributed by atoms with E-state index in [0.29, 0.717) is 18.8 Å². The van der Waals surface area contributed by atoms with Crippen LogP contribution in [0.1, 0.15) is 20.3 Å². The lowest BCUT2D eigenvalue weighted by molar-refractivity contribution is 0.146. The van der Waals surface area contributed by atoms with Gasteiger partial charge in [0.25, 0.3) is 0 Å². The van der Waals surface area contributed by atoms with Gasteiger partial charge in [0.05, 0.1) is 18.3 Å². The summed E-state index contributed by atoms with van der Waals surface area (Å²) in [6.07, 6.45) is 1.71. The highest BCUT2D eigenvalue weighted by molar-refractivity contribution is 5.68. The number of halogens is 2. The lowest BCUT2D eigenvalue weighted by atomic mass is 10.2. The Kier molecular flexibility index (Phi) is 6.20. The minimum Gasteiger partial charge on any atom is -0.391 e. The Morgan fingerprint density at radius 1 is 1.07 bits per heavy atom. The standard InChI is InChI=1S/C20H23F2N5O/c1-3-17(28)12-27-18(13-5-6-24-19(7-13)23-4-2)11-20(26-27)25-16-9-14(21)8-15(22)10-16/h5-11,17,28H,3-4,12H2,1-2H3,(H,23,24)(H,25,26). The number of nitrogens with one attached hydrogen (secondary N) is 2. The zero-order chi connectivity index (χ0) is 20.1. The van der Waals surface area contributed by atoms with E-state index in [-0.39, 0.29) is 5.69 Å². The monoisotopic (exact) mass is 387 g/mol. The van der Waals surface area contributed by atoms with Gasteiger partial charge in [0.1, 0.15) is 17.5 Å². The third kappa shape index (κ3) is 4.83. The van der Waals surface area contributed by atoms with Crippen molar-refractivity contribution in [2.24, 2.45) is 0 Å². The lowest BCUT2D eigenvalue weighted by Gasteiger charge is -2.12. The van der Waals surface area contributed by atoms with E-state index in [9.17, 15) is 13.9 Å². The molecule has 0 saturated carbocycles. The van der Waals surface area contributed by atoms with E-state index < -0.39 is 17.7 Å². The molecule has 0 amide bonds. The molecule has 3 N–H and O–H groups in total. The average molecular weight is 387 g/mol. The molecule has 148 valence electrons. The zero-order valence-electron chi connectivity index (χ0n) is 15.8. The molecule has 0 radical (unpaired) electrons. The summed E-state index contributed by atoms with van der Waals surface area (Å²) < 4.78 is 28.6. The molecule has 28 heavy (non-hydrogen) atoms. The molecule has 2 heterocycles. The maximum Gasteiger partial charge on any atom is 0.153 e. The van der Waals surface area contributed by atoms with Gasteiger partial charge in [-0.1, -0.05) is 6.92 Å². The molecule has 3 rings (SSSR count). The van der Waals surface area contributed by atoms with Crippen molar-refractivity contribution in [3.63, 3.8) is 0 Å². The SMILES string of the molecule is CCNc1cc(-c2cc(Nc3cc(F)cc(F)c3)nn2CC(O)CC)ccn1. The van der Waals surface area contributed by atoms with Gasteiger partial charge >= 0.3 is 0 Å². The number of pyridine rings is 1. The molecule has 3 aromatic rings. The van der Waals surface area contributed by atoms with Gasteiger partial charge in [-0.25, -0.2) is 13.8 Å². The first-order valence-corrected chi connectivity index (χ1v) is 9.17. The molecular weight excluding hydrogens is 364 g/mol. The minimum absolute atomic E-state index is 0.257. The van der Waals surface area contributed by atoms with Gasteiger partial charge in [-0.3, -0.25) is 4.68 Å². The van der Waals surface area contributed by atoms with Crippen LogP contribution < -0.4 is 10.6 Å². The summed E-state index contributed by atoms with van der Waals surface area (Å²) in [6, 6.07) is 8.71. The second-order valence-electron chi connectivity index (χ2n) is 6.40. The van der Waals surface area contributed by atoms with Gasteiger partial charge in [0.15, 0.2) is 5.82 Å². The van der Waals surface area contributed by atoms with E-state index in [1.54, 1.807) is 16.9 Å². The van der Waals surface area contributed by atoms with Gasteiger partial charge in [0, 0.05) is 36.1 Å². The molecular formula is C20H23F2N5O. The number of anilines is 3. The summed E-state index contributed by atoms with van der Waals surface area (Å²) >= 11 is 0. The van der Waals surface area contributed by atoms with Crippen molar-refractivity contribution in [2.75, 3.05) is 17.2 Å². The van der Waals surface area contributed by atoms with Crippen molar-refractivity contribution in [1.29, 1.82) is 0 Å². The number of benzene rings is 1. The van der Waals surface area contributed by atoms with E-state index >= 15 is 0 Å². The van der Waals surface area contributed by atoms with Crippen LogP contribution in [-0.2, 0) is 6.54 Å². The summed E-state index contributed by atoms with van der Waals surface area (Å²) in [5.41, 5.74) is 1.88. The minimum atomic E-state index is -0.673. The lowest BCUT2D eigenvalue weighted by Crippen LogP contribution is -2.16. The highest BCUT2D eigenvalue weighted by Crippen LogP contribution is 2.27. The molecule has 0 aliphatic rings. The molecule has 0 aliphatic heterocycles. The normalized spacial score (nSPS) is 12.0. The quantitative estimate of drug-likeness (QED) is 0.541. The molecule has 2 aromatic heterocycles. The first kappa shape index (κ1) is 19.8. The summed E-state index contributed by atoms with van der Waals surface area (Å²) in [5, 5.41) is 20.6. The Labute approximate surface area is 162 Å². The smallest absolute Gasteiger partial charge is 0.153 e. The van der Waals surface area contributed by atoms with Crippen LogP contribution in [0.25, 0.3) is 11.3 Å². The fourth-order valence-electron chi connectivity index (χ4n) is 2.82. The zero-order valence-corrected chi connectivity index (χ0v) is 15.8. The number of nitrogens with zero attached hydrogens (tertiary/aromatic N) is 3. The molecule has 8 heteroatoms. The highest BCUT2D eigenvalue weighted by Gasteiger charge is 2.14. The number of hydrogen-bond donors (Lipinski definition) is 3. The maximum atomic E-state index is 13.5. The van der Waals surface area contributed by atoms with Crippen LogP contribution in [0.2, 0.25) is 0 Å². The molecule has 1 atom stereocenters. The van der Waals surface area contributed by atoms with E-state index in [1.165, 1.54) is 12.1 Å². The van der Waals surface area contributed by atoms with Crippen LogP contribution in [-0.4, -0.2) is 32.5 Å². The van der Waals surface area contributed by atoms with E-state index in [1.807, 2.05) is 26.0 Å². The third-order valence-electron chi connectivity index (χ3n) is 4.18. The van der Waals surface area contributed by atoms with E-state index in [2.05, 4.69) is 20.7 Å². The topological polar surface area (TPSA) is 75.0 Å². The fraction of sp³-hybridized carbons (Fsp3) is 0.300. The van der Waals surface area contributed by atoms with Crippen LogP contribution in [0.5, 0.6) is 0 Å². The Morgan fingerprint density at radius 3 is 2.50 bits per heavy atom. The predicted molar refractivity (Wildman–Crippen MR) is 106 cm³/mol. The van der Waals surface area contributed by atoms with Crippen molar-refractivity contribution in [1.82, 2.24) is 14.8 Å². The molecule has 1 aromatic carbocycles. The largest absolute Gasteiger partial charge is 0.391 e. The second kappa shape index (κ2) is 8.79. The Balaban J connectivity index is 1.97. The third-order valence-corrected chi connectivity index (χ3v) is 4.18. The summed E-state index contributed by atoms with van der Waals surface area (Å²) in [7, 11) is 0. The summed E-state index contributed by atoms with van der Waals surface area (Å²) in [6.45, 7) is 4.90. The van der Waals surface area contributed by atoms with Crippen molar-refractivity contribution < 1.29 is 13.9 Å². The van der Waals surface area contributed by atoms with E-state index in [4.69, 9.17) is 0 Å². The van der Waals surface area contributed by atoms with Crippen LogP contribution in [0.3, 0.4) is 0 Å². The van der Waals surface area contributed by atoms with Gasteiger partial charge in [0.2, 0.25) is 0 Å². The van der Waals surface area contributed by atoms with Crippen LogP contribution >= 0.6 is 0 Å². The van der Waals surface area contributed by atoms with E-state index in [0.717, 1.165) is 29.7 Å². The van der Waals surface area contributed by atoms with Crippen LogP contribution in [0.15, 0.2) is 42.6 Å². The molecule has 0 aliphatic carbocycles. The fourth-order valence-corrected chi connectivity index (χ4v) is 2.82.